The summed E-state index contributed by atoms with van der Waals surface area (Å²) in [5.74, 6) is 0. The Morgan fingerprint density at radius 1 is 1.28 bits per heavy atom. The van der Waals surface area contributed by atoms with Crippen LogP contribution in [-0.4, -0.2) is 12.2 Å². The molecule has 2 nitrogen and oxygen atoms in total. The molecule has 94 valence electrons. The van der Waals surface area contributed by atoms with Crippen LogP contribution >= 0.6 is 11.6 Å². The van der Waals surface area contributed by atoms with Crippen LogP contribution in [0, 0.1) is 11.3 Å². The molecule has 6 heteroatoms. The van der Waals surface area contributed by atoms with Gasteiger partial charge in [-0.15, -0.1) is 0 Å². The van der Waals surface area contributed by atoms with Crippen molar-refractivity contribution >= 4 is 17.3 Å². The van der Waals surface area contributed by atoms with Crippen molar-refractivity contribution in [3.63, 3.8) is 0 Å². The van der Waals surface area contributed by atoms with Crippen LogP contribution in [0.15, 0.2) is 29.8 Å². The molecular formula is C12H8ClF3N2. The zero-order chi connectivity index (χ0) is 13.3. The minimum Gasteiger partial charge on any atom is -0.372 e. The van der Waals surface area contributed by atoms with E-state index in [0.717, 1.165) is 0 Å². The maximum absolute atomic E-state index is 12.6. The van der Waals surface area contributed by atoms with Gasteiger partial charge in [0.05, 0.1) is 17.3 Å². The number of nitriles is 1. The van der Waals surface area contributed by atoms with Crippen LogP contribution in [0.4, 0.5) is 13.2 Å². The molecule has 1 atom stereocenters. The largest absolute Gasteiger partial charge is 0.408 e. The smallest absolute Gasteiger partial charge is 0.372 e. The van der Waals surface area contributed by atoms with Crippen LogP contribution in [0.3, 0.4) is 0 Å². The van der Waals surface area contributed by atoms with Crippen LogP contribution in [0.2, 0.25) is 5.02 Å². The molecule has 18 heavy (non-hydrogen) atoms. The molecule has 0 amide bonds. The number of benzene rings is 1. The maximum Gasteiger partial charge on any atom is 0.408 e. The Morgan fingerprint density at radius 3 is 2.39 bits per heavy atom. The predicted octanol–water partition coefficient (Wildman–Crippen LogP) is 3.50. The van der Waals surface area contributed by atoms with Gasteiger partial charge in [-0.2, -0.15) is 18.4 Å². The highest BCUT2D eigenvalue weighted by molar-refractivity contribution is 6.30. The third-order valence-electron chi connectivity index (χ3n) is 2.69. The average Bonchev–Trinajstić information content (AvgIpc) is 2.73. The maximum atomic E-state index is 12.6. The van der Waals surface area contributed by atoms with Gasteiger partial charge in [0.1, 0.15) is 6.04 Å². The number of halogens is 4. The lowest BCUT2D eigenvalue weighted by molar-refractivity contribution is -0.150. The van der Waals surface area contributed by atoms with E-state index in [1.165, 1.54) is 0 Å². The fraction of sp³-hybridized carbons (Fsp3) is 0.250. The number of nitrogens with one attached hydrogen (secondary N) is 1. The molecule has 0 radical (unpaired) electrons. The monoisotopic (exact) mass is 272 g/mol. The summed E-state index contributed by atoms with van der Waals surface area (Å²) in [6.45, 7) is 0. The fourth-order valence-corrected chi connectivity index (χ4v) is 1.92. The molecule has 1 heterocycles. The van der Waals surface area contributed by atoms with E-state index in [1.54, 1.807) is 24.3 Å². The second kappa shape index (κ2) is 4.54. The first-order valence-electron chi connectivity index (χ1n) is 5.14. The fourth-order valence-electron chi connectivity index (χ4n) is 1.79. The van der Waals surface area contributed by atoms with Crippen molar-refractivity contribution in [3.8, 4) is 6.07 Å². The Hall–Kier alpha value is -1.67. The molecule has 0 saturated heterocycles. The van der Waals surface area contributed by atoms with E-state index in [2.05, 4.69) is 5.32 Å². The van der Waals surface area contributed by atoms with Crippen molar-refractivity contribution in [1.29, 1.82) is 5.26 Å². The lowest BCUT2D eigenvalue weighted by Gasteiger charge is -2.16. The summed E-state index contributed by atoms with van der Waals surface area (Å²) in [7, 11) is 0. The van der Waals surface area contributed by atoms with E-state index in [-0.39, 0.29) is 17.7 Å². The minimum absolute atomic E-state index is 0.111. The second-order valence-corrected chi connectivity index (χ2v) is 4.35. The topological polar surface area (TPSA) is 35.8 Å². The summed E-state index contributed by atoms with van der Waals surface area (Å²) in [5, 5.41) is 11.7. The summed E-state index contributed by atoms with van der Waals surface area (Å²) in [6.07, 6.45) is -4.70. The van der Waals surface area contributed by atoms with Crippen molar-refractivity contribution < 1.29 is 13.2 Å². The molecule has 0 spiro atoms. The van der Waals surface area contributed by atoms with Gasteiger partial charge in [0.15, 0.2) is 0 Å². The van der Waals surface area contributed by atoms with Crippen molar-refractivity contribution in [2.24, 2.45) is 0 Å². The van der Waals surface area contributed by atoms with Gasteiger partial charge in [0, 0.05) is 11.4 Å². The van der Waals surface area contributed by atoms with Crippen molar-refractivity contribution in [2.75, 3.05) is 0 Å². The van der Waals surface area contributed by atoms with Gasteiger partial charge in [0.2, 0.25) is 0 Å². The number of hydrogen-bond acceptors (Lipinski definition) is 2. The normalized spacial score (nSPS) is 19.6. The van der Waals surface area contributed by atoms with E-state index in [4.69, 9.17) is 16.9 Å². The lowest BCUT2D eigenvalue weighted by atomic mass is 10.1. The average molecular weight is 273 g/mol. The number of hydrogen-bond donors (Lipinski definition) is 1. The number of nitrogens with zero attached hydrogens (tertiary/aromatic N) is 1. The quantitative estimate of drug-likeness (QED) is 0.849. The molecule has 0 fully saturated rings. The Balaban J connectivity index is 2.32. The van der Waals surface area contributed by atoms with E-state index >= 15 is 0 Å². The summed E-state index contributed by atoms with van der Waals surface area (Å²) in [4.78, 5) is 0. The van der Waals surface area contributed by atoms with Crippen molar-refractivity contribution in [2.45, 2.75) is 18.6 Å². The van der Waals surface area contributed by atoms with E-state index in [1.807, 2.05) is 6.07 Å². The van der Waals surface area contributed by atoms with Gasteiger partial charge in [-0.3, -0.25) is 0 Å². The van der Waals surface area contributed by atoms with Crippen LogP contribution < -0.4 is 5.32 Å². The van der Waals surface area contributed by atoms with Gasteiger partial charge in [-0.25, -0.2) is 0 Å². The molecule has 0 bridgehead atoms. The highest BCUT2D eigenvalue weighted by atomic mass is 35.5. The summed E-state index contributed by atoms with van der Waals surface area (Å²) >= 11 is 5.71. The van der Waals surface area contributed by atoms with Gasteiger partial charge in [-0.1, -0.05) is 23.7 Å². The molecular weight excluding hydrogens is 265 g/mol. The van der Waals surface area contributed by atoms with E-state index < -0.39 is 12.2 Å². The molecule has 1 unspecified atom stereocenters. The number of rotatable bonds is 1. The van der Waals surface area contributed by atoms with Crippen LogP contribution in [0.1, 0.15) is 12.0 Å². The summed E-state index contributed by atoms with van der Waals surface area (Å²) in [6, 6.07) is 6.43. The summed E-state index contributed by atoms with van der Waals surface area (Å²) < 4.78 is 37.8. The Bertz CT molecular complexity index is 526. The van der Waals surface area contributed by atoms with Crippen molar-refractivity contribution in [3.05, 3.63) is 40.4 Å². The van der Waals surface area contributed by atoms with Gasteiger partial charge >= 0.3 is 6.18 Å². The molecule has 0 saturated carbocycles. The van der Waals surface area contributed by atoms with Gasteiger partial charge in [0.25, 0.3) is 0 Å². The molecule has 1 aromatic rings. The SMILES string of the molecule is N#CC1=C(c2ccc(Cl)cc2)NC(C(F)(F)F)C1. The summed E-state index contributed by atoms with van der Waals surface area (Å²) in [5.41, 5.74) is 0.874. The molecule has 1 N–H and O–H groups in total. The highest BCUT2D eigenvalue weighted by Gasteiger charge is 2.44. The standard InChI is InChI=1S/C12H8ClF3N2/c13-9-3-1-7(2-4-9)11-8(6-17)5-10(18-11)12(14,15)16/h1-4,10,18H,5H2. The predicted molar refractivity (Wildman–Crippen MR) is 61.6 cm³/mol. The molecule has 2 rings (SSSR count). The third kappa shape index (κ3) is 2.44. The first kappa shape index (κ1) is 12.8. The lowest BCUT2D eigenvalue weighted by Crippen LogP contribution is -2.37. The zero-order valence-electron chi connectivity index (χ0n) is 9.05. The molecule has 1 aliphatic heterocycles. The second-order valence-electron chi connectivity index (χ2n) is 3.91. The van der Waals surface area contributed by atoms with E-state index in [9.17, 15) is 13.2 Å². The first-order valence-corrected chi connectivity index (χ1v) is 5.52. The molecule has 0 aromatic heterocycles. The van der Waals surface area contributed by atoms with Gasteiger partial charge < -0.3 is 5.32 Å². The zero-order valence-corrected chi connectivity index (χ0v) is 9.81. The van der Waals surface area contributed by atoms with Crippen LogP contribution in [0.5, 0.6) is 0 Å². The van der Waals surface area contributed by atoms with Gasteiger partial charge in [-0.05, 0) is 17.7 Å². The van der Waals surface area contributed by atoms with E-state index in [0.29, 0.717) is 10.6 Å². The Labute approximate surface area is 107 Å². The van der Waals surface area contributed by atoms with Crippen molar-refractivity contribution in [1.82, 2.24) is 5.32 Å². The third-order valence-corrected chi connectivity index (χ3v) is 2.94. The Morgan fingerprint density at radius 2 is 1.89 bits per heavy atom. The number of alkyl halides is 3. The molecule has 1 aromatic carbocycles. The Kier molecular flexibility index (Phi) is 3.22. The van der Waals surface area contributed by atoms with Crippen LogP contribution in [-0.2, 0) is 0 Å². The van der Waals surface area contributed by atoms with Crippen LogP contribution in [0.25, 0.3) is 5.70 Å². The first-order chi connectivity index (χ1) is 8.41. The highest BCUT2D eigenvalue weighted by Crippen LogP contribution is 2.34. The molecule has 0 aliphatic carbocycles. The molecule has 1 aliphatic rings. The minimum atomic E-state index is -4.36.